The maximum absolute atomic E-state index is 11.1. The molecule has 20 heavy (non-hydrogen) atoms. The first-order chi connectivity index (χ1) is 9.66. The van der Waals surface area contributed by atoms with Gasteiger partial charge in [-0.25, -0.2) is 9.78 Å². The van der Waals surface area contributed by atoms with E-state index in [2.05, 4.69) is 9.97 Å². The van der Waals surface area contributed by atoms with Gasteiger partial charge < -0.3 is 9.67 Å². The van der Waals surface area contributed by atoms with Gasteiger partial charge in [-0.15, -0.1) is 0 Å². The van der Waals surface area contributed by atoms with Crippen molar-refractivity contribution < 1.29 is 9.90 Å². The number of hydrogen-bond acceptors (Lipinski definition) is 3. The average Bonchev–Trinajstić information content (AvgIpc) is 2.90. The molecule has 3 aromatic rings. The number of fused-ring (bicyclic) bond motifs is 1. The largest absolute Gasteiger partial charge is 0.478 e. The highest BCUT2D eigenvalue weighted by Gasteiger charge is 2.13. The van der Waals surface area contributed by atoms with Crippen molar-refractivity contribution in [1.82, 2.24) is 14.5 Å². The van der Waals surface area contributed by atoms with Gasteiger partial charge in [0.25, 0.3) is 0 Å². The monoisotopic (exact) mass is 267 g/mol. The fraction of sp³-hybridized carbons (Fsp3) is 0.133. The van der Waals surface area contributed by atoms with Crippen molar-refractivity contribution in [3.05, 3.63) is 60.2 Å². The van der Waals surface area contributed by atoms with Gasteiger partial charge in [-0.1, -0.05) is 6.07 Å². The van der Waals surface area contributed by atoms with Crippen LogP contribution in [0.4, 0.5) is 0 Å². The molecular weight excluding hydrogens is 254 g/mol. The van der Waals surface area contributed by atoms with Crippen LogP contribution in [0.15, 0.2) is 49.1 Å². The molecule has 100 valence electrons. The number of carboxylic acids is 1. The highest BCUT2D eigenvalue weighted by Crippen LogP contribution is 2.23. The highest BCUT2D eigenvalue weighted by atomic mass is 16.4. The molecule has 1 aromatic carbocycles. The second-order valence-corrected chi connectivity index (χ2v) is 4.62. The minimum atomic E-state index is -0.936. The molecule has 5 heteroatoms. The van der Waals surface area contributed by atoms with Gasteiger partial charge in [-0.3, -0.25) is 4.98 Å². The topological polar surface area (TPSA) is 68.0 Å². The normalized spacial score (nSPS) is 12.4. The maximum atomic E-state index is 11.1. The Bertz CT molecular complexity index is 765. The Hall–Kier alpha value is -2.69. The Kier molecular flexibility index (Phi) is 2.95. The Labute approximate surface area is 115 Å². The molecule has 2 heterocycles. The number of benzene rings is 1. The van der Waals surface area contributed by atoms with Crippen LogP contribution >= 0.6 is 0 Å². The Balaban J connectivity index is 2.12. The van der Waals surface area contributed by atoms with Crippen molar-refractivity contribution in [3.8, 4) is 0 Å². The van der Waals surface area contributed by atoms with E-state index in [0.29, 0.717) is 0 Å². The first-order valence-electron chi connectivity index (χ1n) is 6.26. The molecule has 0 radical (unpaired) electrons. The van der Waals surface area contributed by atoms with Crippen molar-refractivity contribution in [2.75, 3.05) is 0 Å². The van der Waals surface area contributed by atoms with Gasteiger partial charge in [0, 0.05) is 12.4 Å². The standard InChI is InChI=1S/C15H13N3O2/c1-10(12-3-2-6-16-8-12)18-9-17-13-5-4-11(15(19)20)7-14(13)18/h2-10H,1H3,(H,19,20). The van der Waals surface area contributed by atoms with Crippen LogP contribution in [0.3, 0.4) is 0 Å². The van der Waals surface area contributed by atoms with Crippen LogP contribution in [-0.4, -0.2) is 25.6 Å². The molecule has 0 amide bonds. The van der Waals surface area contributed by atoms with E-state index in [1.807, 2.05) is 23.6 Å². The van der Waals surface area contributed by atoms with Crippen LogP contribution in [0.25, 0.3) is 11.0 Å². The van der Waals surface area contributed by atoms with Crippen molar-refractivity contribution in [2.45, 2.75) is 13.0 Å². The van der Waals surface area contributed by atoms with Crippen LogP contribution in [0.5, 0.6) is 0 Å². The maximum Gasteiger partial charge on any atom is 0.335 e. The molecule has 0 saturated carbocycles. The quantitative estimate of drug-likeness (QED) is 0.792. The summed E-state index contributed by atoms with van der Waals surface area (Å²) in [5.41, 5.74) is 2.90. The van der Waals surface area contributed by atoms with E-state index in [1.165, 1.54) is 0 Å². The summed E-state index contributed by atoms with van der Waals surface area (Å²) in [6.45, 7) is 2.03. The molecule has 0 aliphatic rings. The smallest absolute Gasteiger partial charge is 0.335 e. The molecule has 0 aliphatic carbocycles. The zero-order valence-corrected chi connectivity index (χ0v) is 10.9. The van der Waals surface area contributed by atoms with Crippen molar-refractivity contribution in [2.24, 2.45) is 0 Å². The number of pyridine rings is 1. The molecule has 5 nitrogen and oxygen atoms in total. The van der Waals surface area contributed by atoms with E-state index in [9.17, 15) is 4.79 Å². The number of carboxylic acid groups (broad SMARTS) is 1. The molecule has 0 bridgehead atoms. The van der Waals surface area contributed by atoms with Gasteiger partial charge in [0.15, 0.2) is 0 Å². The van der Waals surface area contributed by atoms with Gasteiger partial charge in [0.05, 0.1) is 29.0 Å². The first kappa shape index (κ1) is 12.3. The van der Waals surface area contributed by atoms with E-state index in [1.54, 1.807) is 36.9 Å². The van der Waals surface area contributed by atoms with Gasteiger partial charge >= 0.3 is 5.97 Å². The first-order valence-corrected chi connectivity index (χ1v) is 6.26. The number of aromatic carboxylic acids is 1. The lowest BCUT2D eigenvalue weighted by Crippen LogP contribution is -2.06. The third-order valence-electron chi connectivity index (χ3n) is 3.41. The second kappa shape index (κ2) is 4.77. The van der Waals surface area contributed by atoms with Crippen molar-refractivity contribution in [3.63, 3.8) is 0 Å². The van der Waals surface area contributed by atoms with Gasteiger partial charge in [-0.05, 0) is 36.8 Å². The number of imidazole rings is 1. The van der Waals surface area contributed by atoms with Crippen molar-refractivity contribution in [1.29, 1.82) is 0 Å². The Morgan fingerprint density at radius 2 is 2.20 bits per heavy atom. The van der Waals surface area contributed by atoms with Crippen molar-refractivity contribution >= 4 is 17.0 Å². The van der Waals surface area contributed by atoms with E-state index >= 15 is 0 Å². The zero-order valence-electron chi connectivity index (χ0n) is 10.9. The predicted octanol–water partition coefficient (Wildman–Crippen LogP) is 2.74. The number of hydrogen-bond donors (Lipinski definition) is 1. The van der Waals surface area contributed by atoms with E-state index < -0.39 is 5.97 Å². The molecule has 2 aromatic heterocycles. The number of carbonyl (C=O) groups is 1. The lowest BCUT2D eigenvalue weighted by molar-refractivity contribution is 0.0697. The molecule has 0 saturated heterocycles. The summed E-state index contributed by atoms with van der Waals surface area (Å²) in [4.78, 5) is 19.5. The van der Waals surface area contributed by atoms with Gasteiger partial charge in [0.1, 0.15) is 0 Å². The zero-order chi connectivity index (χ0) is 14.1. The average molecular weight is 267 g/mol. The highest BCUT2D eigenvalue weighted by molar-refractivity contribution is 5.92. The lowest BCUT2D eigenvalue weighted by Gasteiger charge is -2.14. The summed E-state index contributed by atoms with van der Waals surface area (Å²) >= 11 is 0. The van der Waals surface area contributed by atoms with Crippen LogP contribution < -0.4 is 0 Å². The van der Waals surface area contributed by atoms with Crippen LogP contribution in [0.1, 0.15) is 28.9 Å². The fourth-order valence-electron chi connectivity index (χ4n) is 2.25. The Morgan fingerprint density at radius 1 is 1.35 bits per heavy atom. The molecule has 3 rings (SSSR count). The summed E-state index contributed by atoms with van der Waals surface area (Å²) in [7, 11) is 0. The number of nitrogens with zero attached hydrogens (tertiary/aromatic N) is 3. The van der Waals surface area contributed by atoms with E-state index in [4.69, 9.17) is 5.11 Å². The summed E-state index contributed by atoms with van der Waals surface area (Å²) in [6.07, 6.45) is 5.26. The summed E-state index contributed by atoms with van der Waals surface area (Å²) < 4.78 is 1.96. The number of rotatable bonds is 3. The van der Waals surface area contributed by atoms with Gasteiger partial charge in [-0.2, -0.15) is 0 Å². The van der Waals surface area contributed by atoms with E-state index in [-0.39, 0.29) is 11.6 Å². The van der Waals surface area contributed by atoms with Crippen LogP contribution in [-0.2, 0) is 0 Å². The fourth-order valence-corrected chi connectivity index (χ4v) is 2.25. The predicted molar refractivity (Wildman–Crippen MR) is 74.7 cm³/mol. The summed E-state index contributed by atoms with van der Waals surface area (Å²) in [6, 6.07) is 8.86. The lowest BCUT2D eigenvalue weighted by atomic mass is 10.1. The molecule has 0 fully saturated rings. The summed E-state index contributed by atoms with van der Waals surface area (Å²) in [5.74, 6) is -0.936. The number of aromatic nitrogens is 3. The SMILES string of the molecule is CC(c1cccnc1)n1cnc2ccc(C(=O)O)cc21. The third-order valence-corrected chi connectivity index (χ3v) is 3.41. The Morgan fingerprint density at radius 3 is 2.90 bits per heavy atom. The van der Waals surface area contributed by atoms with Crippen LogP contribution in [0, 0.1) is 0 Å². The molecule has 1 unspecified atom stereocenters. The molecule has 1 N–H and O–H groups in total. The van der Waals surface area contributed by atoms with Crippen LogP contribution in [0.2, 0.25) is 0 Å². The van der Waals surface area contributed by atoms with E-state index in [0.717, 1.165) is 16.6 Å². The molecule has 1 atom stereocenters. The molecule has 0 spiro atoms. The van der Waals surface area contributed by atoms with Gasteiger partial charge in [0.2, 0.25) is 0 Å². The second-order valence-electron chi connectivity index (χ2n) is 4.62. The molecule has 0 aliphatic heterocycles. The minimum Gasteiger partial charge on any atom is -0.478 e. The minimum absolute atomic E-state index is 0.0396. The third kappa shape index (κ3) is 2.03. The summed E-state index contributed by atoms with van der Waals surface area (Å²) in [5, 5.41) is 9.09. The molecular formula is C15H13N3O2.